The molecule has 0 radical (unpaired) electrons. The molecule has 2 atom stereocenters. The third-order valence-electron chi connectivity index (χ3n) is 3.22. The van der Waals surface area contributed by atoms with Crippen molar-refractivity contribution in [3.8, 4) is 0 Å². The first-order valence-electron chi connectivity index (χ1n) is 6.97. The summed E-state index contributed by atoms with van der Waals surface area (Å²) in [4.78, 5) is 0. The first-order chi connectivity index (χ1) is 8.50. The number of rotatable bonds is 11. The molecule has 110 valence electrons. The van der Waals surface area contributed by atoms with Crippen molar-refractivity contribution < 1.29 is 13.2 Å². The van der Waals surface area contributed by atoms with Crippen molar-refractivity contribution in [3.05, 3.63) is 0 Å². The van der Waals surface area contributed by atoms with E-state index in [0.29, 0.717) is 6.42 Å². The maximum Gasteiger partial charge on any atom is 0.150 e. The van der Waals surface area contributed by atoms with E-state index in [-0.39, 0.29) is 23.7 Å². The van der Waals surface area contributed by atoms with Gasteiger partial charge in [-0.15, -0.1) is 0 Å². The van der Waals surface area contributed by atoms with Gasteiger partial charge in [-0.05, 0) is 32.2 Å². The Balaban J connectivity index is 4.23. The molecule has 0 aromatic rings. The zero-order chi connectivity index (χ0) is 14.0. The lowest BCUT2D eigenvalue weighted by molar-refractivity contribution is 0.0623. The van der Waals surface area contributed by atoms with Crippen LogP contribution in [0.5, 0.6) is 0 Å². The molecule has 0 aliphatic rings. The van der Waals surface area contributed by atoms with Crippen LogP contribution in [0.2, 0.25) is 0 Å². The van der Waals surface area contributed by atoms with Gasteiger partial charge in [0.05, 0.1) is 11.9 Å². The average Bonchev–Trinajstić information content (AvgIpc) is 2.36. The molecule has 0 fully saturated rings. The Hall–Kier alpha value is -0.130. The summed E-state index contributed by atoms with van der Waals surface area (Å²) in [6.07, 6.45) is 3.74. The van der Waals surface area contributed by atoms with Crippen LogP contribution in [0.25, 0.3) is 0 Å². The molecule has 5 heteroatoms. The van der Waals surface area contributed by atoms with E-state index in [9.17, 15) is 8.42 Å². The minimum absolute atomic E-state index is 0.167. The van der Waals surface area contributed by atoms with Crippen LogP contribution in [0.4, 0.5) is 0 Å². The molecule has 0 aliphatic carbocycles. The second kappa shape index (κ2) is 9.75. The first-order valence-corrected chi connectivity index (χ1v) is 8.79. The molecule has 4 nitrogen and oxygen atoms in total. The van der Waals surface area contributed by atoms with Crippen LogP contribution < -0.4 is 5.32 Å². The summed E-state index contributed by atoms with van der Waals surface area (Å²) >= 11 is 0. The molecule has 0 rings (SSSR count). The van der Waals surface area contributed by atoms with Gasteiger partial charge < -0.3 is 10.1 Å². The highest BCUT2D eigenvalue weighted by atomic mass is 32.2. The van der Waals surface area contributed by atoms with Gasteiger partial charge in [-0.1, -0.05) is 20.8 Å². The van der Waals surface area contributed by atoms with Gasteiger partial charge in [0.25, 0.3) is 0 Å². The molecular formula is C13H29NO3S. The van der Waals surface area contributed by atoms with Crippen molar-refractivity contribution in [2.45, 2.75) is 58.6 Å². The van der Waals surface area contributed by atoms with Crippen molar-refractivity contribution in [2.75, 3.05) is 25.2 Å². The Labute approximate surface area is 112 Å². The first kappa shape index (κ1) is 17.9. The Bertz CT molecular complexity index is 287. The van der Waals surface area contributed by atoms with Crippen molar-refractivity contribution in [1.29, 1.82) is 0 Å². The predicted octanol–water partition coefficient (Wildman–Crippen LogP) is 1.99. The summed E-state index contributed by atoms with van der Waals surface area (Å²) in [6, 6.07) is 0.256. The van der Waals surface area contributed by atoms with E-state index in [1.807, 2.05) is 0 Å². The monoisotopic (exact) mass is 279 g/mol. The second-order valence-electron chi connectivity index (χ2n) is 4.62. The smallest absolute Gasteiger partial charge is 0.150 e. The fourth-order valence-corrected chi connectivity index (χ4v) is 2.93. The average molecular weight is 279 g/mol. The molecule has 0 amide bonds. The fourth-order valence-electron chi connectivity index (χ4n) is 2.03. The Kier molecular flexibility index (Phi) is 9.68. The maximum absolute atomic E-state index is 11.5. The van der Waals surface area contributed by atoms with E-state index in [2.05, 4.69) is 19.2 Å². The molecule has 2 unspecified atom stereocenters. The molecule has 0 aliphatic heterocycles. The van der Waals surface area contributed by atoms with Crippen LogP contribution >= 0.6 is 0 Å². The van der Waals surface area contributed by atoms with E-state index in [0.717, 1.165) is 25.8 Å². The van der Waals surface area contributed by atoms with Crippen molar-refractivity contribution in [2.24, 2.45) is 0 Å². The summed E-state index contributed by atoms with van der Waals surface area (Å²) in [6.45, 7) is 6.87. The Morgan fingerprint density at radius 3 is 2.33 bits per heavy atom. The third-order valence-corrected chi connectivity index (χ3v) is 5.01. The molecule has 0 aromatic carbocycles. The van der Waals surface area contributed by atoms with E-state index < -0.39 is 9.84 Å². The Morgan fingerprint density at radius 2 is 1.89 bits per heavy atom. The van der Waals surface area contributed by atoms with E-state index in [1.54, 1.807) is 14.0 Å². The summed E-state index contributed by atoms with van der Waals surface area (Å²) in [5.41, 5.74) is 0. The molecule has 0 aromatic heterocycles. The van der Waals surface area contributed by atoms with Gasteiger partial charge in [0, 0.05) is 18.9 Å². The van der Waals surface area contributed by atoms with Crippen LogP contribution in [0.15, 0.2) is 0 Å². The van der Waals surface area contributed by atoms with E-state index >= 15 is 0 Å². The van der Waals surface area contributed by atoms with Gasteiger partial charge in [0.1, 0.15) is 9.84 Å². The van der Waals surface area contributed by atoms with Gasteiger partial charge in [-0.2, -0.15) is 0 Å². The van der Waals surface area contributed by atoms with Crippen LogP contribution in [0, 0.1) is 0 Å². The summed E-state index contributed by atoms with van der Waals surface area (Å²) < 4.78 is 28.4. The zero-order valence-electron chi connectivity index (χ0n) is 12.2. The number of hydrogen-bond donors (Lipinski definition) is 1. The molecule has 0 bridgehead atoms. The lowest BCUT2D eigenvalue weighted by atomic mass is 10.0. The molecule has 0 saturated heterocycles. The normalized spacial score (nSPS) is 15.6. The van der Waals surface area contributed by atoms with Crippen LogP contribution in [-0.2, 0) is 14.6 Å². The van der Waals surface area contributed by atoms with Gasteiger partial charge in [-0.25, -0.2) is 8.42 Å². The zero-order valence-corrected chi connectivity index (χ0v) is 13.1. The van der Waals surface area contributed by atoms with Crippen LogP contribution in [0.1, 0.15) is 46.5 Å². The van der Waals surface area contributed by atoms with Gasteiger partial charge >= 0.3 is 0 Å². The second-order valence-corrected chi connectivity index (χ2v) is 7.09. The predicted molar refractivity (Wildman–Crippen MR) is 76.7 cm³/mol. The fraction of sp³-hybridized carbons (Fsp3) is 1.00. The standard InChI is InChI=1S/C13H29NO3S/c1-5-10-14-12(13(6-2)17-4)9-8-11-18(15,16)7-3/h12-14H,5-11H2,1-4H3. The third kappa shape index (κ3) is 7.34. The number of sulfone groups is 1. The molecule has 0 heterocycles. The highest BCUT2D eigenvalue weighted by Crippen LogP contribution is 2.11. The molecular weight excluding hydrogens is 250 g/mol. The number of methoxy groups -OCH3 is 1. The van der Waals surface area contributed by atoms with E-state index in [1.165, 1.54) is 0 Å². The SMILES string of the molecule is CCCNC(CCCS(=O)(=O)CC)C(CC)OC. The van der Waals surface area contributed by atoms with Crippen molar-refractivity contribution in [3.63, 3.8) is 0 Å². The highest BCUT2D eigenvalue weighted by molar-refractivity contribution is 7.91. The van der Waals surface area contributed by atoms with E-state index in [4.69, 9.17) is 4.74 Å². The number of nitrogens with one attached hydrogen (secondary N) is 1. The minimum Gasteiger partial charge on any atom is -0.380 e. The summed E-state index contributed by atoms with van der Waals surface area (Å²) in [7, 11) is -1.12. The Morgan fingerprint density at radius 1 is 1.22 bits per heavy atom. The van der Waals surface area contributed by atoms with Gasteiger partial charge in [0.2, 0.25) is 0 Å². The number of hydrogen-bond acceptors (Lipinski definition) is 4. The number of ether oxygens (including phenoxy) is 1. The minimum atomic E-state index is -2.84. The lowest BCUT2D eigenvalue weighted by Gasteiger charge is -2.26. The molecule has 1 N–H and O–H groups in total. The molecule has 18 heavy (non-hydrogen) atoms. The van der Waals surface area contributed by atoms with Crippen molar-refractivity contribution in [1.82, 2.24) is 5.32 Å². The quantitative estimate of drug-likeness (QED) is 0.628. The molecule has 0 saturated carbocycles. The lowest BCUT2D eigenvalue weighted by Crippen LogP contribution is -2.41. The maximum atomic E-state index is 11.5. The van der Waals surface area contributed by atoms with Crippen molar-refractivity contribution >= 4 is 9.84 Å². The topological polar surface area (TPSA) is 55.4 Å². The summed E-state index contributed by atoms with van der Waals surface area (Å²) in [5, 5.41) is 3.46. The van der Waals surface area contributed by atoms with Crippen LogP contribution in [-0.4, -0.2) is 45.7 Å². The highest BCUT2D eigenvalue weighted by Gasteiger charge is 2.19. The van der Waals surface area contributed by atoms with Gasteiger partial charge in [-0.3, -0.25) is 0 Å². The summed E-state index contributed by atoms with van der Waals surface area (Å²) in [5.74, 6) is 0.523. The van der Waals surface area contributed by atoms with Gasteiger partial charge in [0.15, 0.2) is 0 Å². The van der Waals surface area contributed by atoms with Crippen LogP contribution in [0.3, 0.4) is 0 Å². The largest absolute Gasteiger partial charge is 0.380 e. The molecule has 0 spiro atoms.